The maximum absolute atomic E-state index is 13.6. The smallest absolute Gasteiger partial charge is 0.383 e. The fourth-order valence-corrected chi connectivity index (χ4v) is 4.24. The summed E-state index contributed by atoms with van der Waals surface area (Å²) in [6, 6.07) is 15.3. The highest BCUT2D eigenvalue weighted by Crippen LogP contribution is 2.48. The molecule has 0 amide bonds. The summed E-state index contributed by atoms with van der Waals surface area (Å²) in [6.45, 7) is 1.97. The number of nitrogens with zero attached hydrogens (tertiary/aromatic N) is 1. The van der Waals surface area contributed by atoms with Gasteiger partial charge in [0.15, 0.2) is 6.10 Å². The van der Waals surface area contributed by atoms with Gasteiger partial charge >= 0.3 is 6.18 Å². The van der Waals surface area contributed by atoms with Crippen molar-refractivity contribution in [2.24, 2.45) is 13.0 Å². The summed E-state index contributed by atoms with van der Waals surface area (Å²) in [6.07, 6.45) is -4.80. The van der Waals surface area contributed by atoms with Crippen molar-refractivity contribution < 1.29 is 18.3 Å². The summed E-state index contributed by atoms with van der Waals surface area (Å²) in [7, 11) is 1.89. The van der Waals surface area contributed by atoms with Gasteiger partial charge in [-0.05, 0) is 42.0 Å². The first kappa shape index (κ1) is 19.1. The molecule has 5 heteroatoms. The summed E-state index contributed by atoms with van der Waals surface area (Å²) >= 11 is 0. The number of aliphatic hydroxyl groups excluding tert-OH is 1. The van der Waals surface area contributed by atoms with E-state index in [1.54, 1.807) is 0 Å². The van der Waals surface area contributed by atoms with Gasteiger partial charge in [-0.2, -0.15) is 13.2 Å². The van der Waals surface area contributed by atoms with Gasteiger partial charge in [0.05, 0.1) is 5.69 Å². The second-order valence-electron chi connectivity index (χ2n) is 7.98. The molecule has 0 spiro atoms. The predicted molar refractivity (Wildman–Crippen MR) is 105 cm³/mol. The van der Waals surface area contributed by atoms with Crippen molar-refractivity contribution in [1.29, 1.82) is 0 Å². The van der Waals surface area contributed by atoms with Crippen LogP contribution in [0.2, 0.25) is 0 Å². The van der Waals surface area contributed by atoms with Gasteiger partial charge in [0, 0.05) is 23.9 Å². The number of hydrogen-bond donors (Lipinski definition) is 1. The highest BCUT2D eigenvalue weighted by Gasteiger charge is 2.47. The zero-order valence-corrected chi connectivity index (χ0v) is 16.0. The summed E-state index contributed by atoms with van der Waals surface area (Å²) in [5, 5.41) is 11.1. The number of halogens is 3. The number of benzene rings is 2. The zero-order chi connectivity index (χ0) is 20.1. The first-order chi connectivity index (χ1) is 13.3. The van der Waals surface area contributed by atoms with Crippen molar-refractivity contribution in [3.05, 3.63) is 59.7 Å². The minimum Gasteiger partial charge on any atom is -0.383 e. The van der Waals surface area contributed by atoms with Crippen molar-refractivity contribution in [2.75, 3.05) is 0 Å². The topological polar surface area (TPSA) is 25.2 Å². The molecule has 0 saturated heterocycles. The van der Waals surface area contributed by atoms with E-state index in [-0.39, 0.29) is 5.92 Å². The molecular weight excluding hydrogens is 363 g/mol. The van der Waals surface area contributed by atoms with Crippen molar-refractivity contribution in [3.63, 3.8) is 0 Å². The van der Waals surface area contributed by atoms with E-state index in [0.717, 1.165) is 40.6 Å². The molecule has 4 rings (SSSR count). The molecule has 1 aliphatic carbocycles. The molecule has 0 aliphatic heterocycles. The van der Waals surface area contributed by atoms with E-state index in [2.05, 4.69) is 0 Å². The van der Waals surface area contributed by atoms with Gasteiger partial charge < -0.3 is 9.67 Å². The van der Waals surface area contributed by atoms with E-state index < -0.39 is 18.2 Å². The minimum absolute atomic E-state index is 0.256. The minimum atomic E-state index is -4.65. The lowest BCUT2D eigenvalue weighted by Gasteiger charge is -2.26. The second-order valence-corrected chi connectivity index (χ2v) is 7.98. The van der Waals surface area contributed by atoms with Crippen molar-refractivity contribution in [2.45, 2.75) is 44.4 Å². The molecule has 148 valence electrons. The fraction of sp³-hybridized carbons (Fsp3) is 0.391. The summed E-state index contributed by atoms with van der Waals surface area (Å²) in [5.74, 6) is -0.722. The maximum Gasteiger partial charge on any atom is 0.414 e. The molecule has 1 N–H and O–H groups in total. The van der Waals surface area contributed by atoms with Gasteiger partial charge in [-0.15, -0.1) is 0 Å². The molecule has 2 atom stereocenters. The molecule has 1 aromatic heterocycles. The summed E-state index contributed by atoms with van der Waals surface area (Å²) in [5.41, 5.74) is 4.18. The van der Waals surface area contributed by atoms with E-state index in [9.17, 15) is 18.3 Å². The van der Waals surface area contributed by atoms with E-state index in [1.165, 1.54) is 0 Å². The number of hydrogen-bond acceptors (Lipinski definition) is 1. The van der Waals surface area contributed by atoms with Gasteiger partial charge in [-0.3, -0.25) is 0 Å². The number of fused-ring (bicyclic) bond motifs is 1. The molecule has 3 aromatic rings. The Morgan fingerprint density at radius 1 is 1.11 bits per heavy atom. The standard InChI is InChI=1S/C23H24F3NO/c1-14-8-11-17-19(12-14)27(2)21(16-6-4-3-5-7-16)20(17)18(13-15-9-10-15)22(28)23(24,25)26/h3-8,11-12,15,18,22,28H,9-10,13H2,1-2H3. The van der Waals surface area contributed by atoms with Crippen LogP contribution >= 0.6 is 0 Å². The largest absolute Gasteiger partial charge is 0.414 e. The van der Waals surface area contributed by atoms with Crippen LogP contribution < -0.4 is 0 Å². The third-order valence-electron chi connectivity index (χ3n) is 5.81. The Kier molecular flexibility index (Phi) is 4.74. The third kappa shape index (κ3) is 3.44. The third-order valence-corrected chi connectivity index (χ3v) is 5.81. The van der Waals surface area contributed by atoms with Crippen molar-refractivity contribution in [3.8, 4) is 11.3 Å². The number of rotatable bonds is 5. The van der Waals surface area contributed by atoms with Crippen LogP contribution in [-0.4, -0.2) is 22.0 Å². The molecule has 0 radical (unpaired) electrons. The molecule has 2 unspecified atom stereocenters. The SMILES string of the molecule is Cc1ccc2c(C(CC3CC3)C(O)C(F)(F)F)c(-c3ccccc3)n(C)c2c1. The second kappa shape index (κ2) is 6.96. The van der Waals surface area contributed by atoms with Crippen LogP contribution in [0.1, 0.15) is 36.3 Å². The molecular formula is C23H24F3NO. The number of alkyl halides is 3. The monoisotopic (exact) mass is 387 g/mol. The molecule has 1 fully saturated rings. The van der Waals surface area contributed by atoms with E-state index in [4.69, 9.17) is 0 Å². The van der Waals surface area contributed by atoms with Crippen LogP contribution in [0.4, 0.5) is 13.2 Å². The van der Waals surface area contributed by atoms with Crippen LogP contribution in [0.15, 0.2) is 48.5 Å². The average molecular weight is 387 g/mol. The molecule has 1 heterocycles. The Bertz CT molecular complexity index is 986. The molecule has 28 heavy (non-hydrogen) atoms. The summed E-state index contributed by atoms with van der Waals surface area (Å²) in [4.78, 5) is 0. The van der Waals surface area contributed by atoms with Gasteiger partial charge in [-0.25, -0.2) is 0 Å². The average Bonchev–Trinajstić information content (AvgIpc) is 3.43. The number of aliphatic hydroxyl groups is 1. The van der Waals surface area contributed by atoms with Crippen LogP contribution in [-0.2, 0) is 7.05 Å². The number of aryl methyl sites for hydroxylation is 2. The highest BCUT2D eigenvalue weighted by molar-refractivity contribution is 5.93. The van der Waals surface area contributed by atoms with E-state index in [0.29, 0.717) is 12.0 Å². The molecule has 1 saturated carbocycles. The van der Waals surface area contributed by atoms with Gasteiger partial charge in [0.2, 0.25) is 0 Å². The number of aromatic nitrogens is 1. The Labute approximate surface area is 162 Å². The highest BCUT2D eigenvalue weighted by atomic mass is 19.4. The van der Waals surface area contributed by atoms with Gasteiger partial charge in [-0.1, -0.05) is 55.3 Å². The lowest BCUT2D eigenvalue weighted by molar-refractivity contribution is -0.211. The Hall–Kier alpha value is -2.27. The fourth-order valence-electron chi connectivity index (χ4n) is 4.24. The van der Waals surface area contributed by atoms with Crippen LogP contribution in [0.25, 0.3) is 22.2 Å². The first-order valence-electron chi connectivity index (χ1n) is 9.66. The van der Waals surface area contributed by atoms with Gasteiger partial charge in [0.25, 0.3) is 0 Å². The van der Waals surface area contributed by atoms with E-state index in [1.807, 2.05) is 67.1 Å². The van der Waals surface area contributed by atoms with E-state index >= 15 is 0 Å². The van der Waals surface area contributed by atoms with Crippen LogP contribution in [0.3, 0.4) is 0 Å². The zero-order valence-electron chi connectivity index (χ0n) is 16.0. The Morgan fingerprint density at radius 2 is 1.79 bits per heavy atom. The van der Waals surface area contributed by atoms with Crippen LogP contribution in [0.5, 0.6) is 0 Å². The Morgan fingerprint density at radius 3 is 2.39 bits per heavy atom. The summed E-state index contributed by atoms with van der Waals surface area (Å²) < 4.78 is 42.8. The molecule has 2 nitrogen and oxygen atoms in total. The molecule has 1 aliphatic rings. The lowest BCUT2D eigenvalue weighted by atomic mass is 9.84. The van der Waals surface area contributed by atoms with Crippen molar-refractivity contribution in [1.82, 2.24) is 4.57 Å². The maximum atomic E-state index is 13.6. The molecule has 2 aromatic carbocycles. The Balaban J connectivity index is 1.99. The lowest BCUT2D eigenvalue weighted by Crippen LogP contribution is -2.35. The first-order valence-corrected chi connectivity index (χ1v) is 9.66. The van der Waals surface area contributed by atoms with Crippen LogP contribution in [0, 0.1) is 12.8 Å². The van der Waals surface area contributed by atoms with Crippen molar-refractivity contribution >= 4 is 10.9 Å². The quantitative estimate of drug-likeness (QED) is 0.574. The normalized spacial score (nSPS) is 17.1. The predicted octanol–water partition coefficient (Wildman–Crippen LogP) is 5.96. The molecule has 0 bridgehead atoms. The van der Waals surface area contributed by atoms with Gasteiger partial charge in [0.1, 0.15) is 0 Å².